The Hall–Kier alpha value is -0.460. The molecule has 0 aromatic carbocycles. The summed E-state index contributed by atoms with van der Waals surface area (Å²) >= 11 is 0. The zero-order chi connectivity index (χ0) is 13.9. The van der Waals surface area contributed by atoms with Crippen LogP contribution in [0.15, 0.2) is 0 Å². The van der Waals surface area contributed by atoms with Crippen LogP contribution in [0.4, 0.5) is 0 Å². The lowest BCUT2D eigenvalue weighted by Crippen LogP contribution is -2.49. The molecule has 6 heteroatoms. The summed E-state index contributed by atoms with van der Waals surface area (Å²) < 4.78 is 24.4. The Labute approximate surface area is 116 Å². The number of hydrogen-bond donors (Lipinski definition) is 0. The van der Waals surface area contributed by atoms with E-state index in [0.29, 0.717) is 18.9 Å². The average molecular weight is 288 g/mol. The summed E-state index contributed by atoms with van der Waals surface area (Å²) in [6.45, 7) is 3.42. The van der Waals surface area contributed by atoms with Gasteiger partial charge >= 0.3 is 0 Å². The first-order chi connectivity index (χ1) is 8.97. The topological polar surface area (TPSA) is 57.7 Å². The summed E-state index contributed by atoms with van der Waals surface area (Å²) in [5, 5.41) is 0. The summed E-state index contributed by atoms with van der Waals surface area (Å²) in [6, 6.07) is 0. The van der Waals surface area contributed by atoms with Crippen molar-refractivity contribution in [2.75, 3.05) is 39.0 Å². The van der Waals surface area contributed by atoms with Crippen LogP contribution < -0.4 is 0 Å². The quantitative estimate of drug-likeness (QED) is 0.718. The number of sulfonamides is 1. The fraction of sp³-hybridized carbons (Fsp3) is 0.923. The molecule has 1 heterocycles. The van der Waals surface area contributed by atoms with Gasteiger partial charge in [0.25, 0.3) is 0 Å². The van der Waals surface area contributed by atoms with Crippen LogP contribution in [0.5, 0.6) is 0 Å². The van der Waals surface area contributed by atoms with Gasteiger partial charge in [-0.2, -0.15) is 4.31 Å². The minimum Gasteiger partial charge on any atom is -0.300 e. The summed E-state index contributed by atoms with van der Waals surface area (Å²) in [5.41, 5.74) is 0. The molecule has 1 aliphatic heterocycles. The van der Waals surface area contributed by atoms with Crippen molar-refractivity contribution in [3.63, 3.8) is 0 Å². The van der Waals surface area contributed by atoms with Crippen molar-refractivity contribution in [2.45, 2.75) is 32.1 Å². The normalized spacial score (nSPS) is 28.3. The maximum atomic E-state index is 12.0. The second-order valence-corrected chi connectivity index (χ2v) is 7.71. The van der Waals surface area contributed by atoms with Crippen LogP contribution in [0.1, 0.15) is 32.1 Å². The molecule has 0 N–H and O–H groups in total. The Morgan fingerprint density at radius 3 is 2.42 bits per heavy atom. The molecule has 0 radical (unpaired) electrons. The lowest BCUT2D eigenvalue weighted by atomic mass is 9.98. The Morgan fingerprint density at radius 1 is 1.11 bits per heavy atom. The van der Waals surface area contributed by atoms with Crippen molar-refractivity contribution in [1.82, 2.24) is 9.21 Å². The molecule has 2 aliphatic rings. The zero-order valence-corrected chi connectivity index (χ0v) is 12.5. The number of piperazine rings is 1. The molecule has 1 aliphatic carbocycles. The SMILES string of the molecule is CS(=O)(=O)N1CCN(CC2CCCCCC2=O)CC1. The molecule has 1 saturated heterocycles. The van der Waals surface area contributed by atoms with E-state index < -0.39 is 10.0 Å². The van der Waals surface area contributed by atoms with Gasteiger partial charge < -0.3 is 0 Å². The maximum absolute atomic E-state index is 12.0. The number of nitrogens with zero attached hydrogens (tertiary/aromatic N) is 2. The van der Waals surface area contributed by atoms with E-state index >= 15 is 0 Å². The van der Waals surface area contributed by atoms with Crippen LogP contribution in [0.2, 0.25) is 0 Å². The highest BCUT2D eigenvalue weighted by molar-refractivity contribution is 7.88. The van der Waals surface area contributed by atoms with E-state index in [1.807, 2.05) is 0 Å². The van der Waals surface area contributed by atoms with Gasteiger partial charge in [-0.3, -0.25) is 9.69 Å². The number of Topliss-reactive ketones (excluding diaryl/α,β-unsaturated/α-hetero) is 1. The van der Waals surface area contributed by atoms with Gasteiger partial charge in [-0.1, -0.05) is 12.8 Å². The third kappa shape index (κ3) is 4.26. The van der Waals surface area contributed by atoms with E-state index in [9.17, 15) is 13.2 Å². The summed E-state index contributed by atoms with van der Waals surface area (Å²) in [7, 11) is -3.06. The molecule has 5 nitrogen and oxygen atoms in total. The predicted molar refractivity (Wildman–Crippen MR) is 74.4 cm³/mol. The molecule has 0 amide bonds. The number of rotatable bonds is 3. The van der Waals surface area contributed by atoms with Crippen molar-refractivity contribution in [2.24, 2.45) is 5.92 Å². The third-order valence-electron chi connectivity index (χ3n) is 4.21. The lowest BCUT2D eigenvalue weighted by molar-refractivity contribution is -0.123. The molecule has 1 atom stereocenters. The first kappa shape index (κ1) is 14.9. The van der Waals surface area contributed by atoms with E-state index in [1.54, 1.807) is 0 Å². The second kappa shape index (κ2) is 6.33. The molecule has 2 rings (SSSR count). The van der Waals surface area contributed by atoms with Crippen LogP contribution in [-0.4, -0.2) is 62.4 Å². The Balaban J connectivity index is 1.83. The molecular formula is C13H24N2O3S. The Bertz CT molecular complexity index is 414. The molecule has 110 valence electrons. The van der Waals surface area contributed by atoms with E-state index in [4.69, 9.17) is 0 Å². The van der Waals surface area contributed by atoms with Gasteiger partial charge in [-0.05, 0) is 12.8 Å². The Morgan fingerprint density at radius 2 is 1.79 bits per heavy atom. The monoisotopic (exact) mass is 288 g/mol. The van der Waals surface area contributed by atoms with E-state index in [-0.39, 0.29) is 5.92 Å². The second-order valence-electron chi connectivity index (χ2n) is 5.73. The van der Waals surface area contributed by atoms with E-state index in [1.165, 1.54) is 17.0 Å². The number of ketones is 1. The van der Waals surface area contributed by atoms with Gasteiger partial charge in [0, 0.05) is 45.1 Å². The van der Waals surface area contributed by atoms with Crippen molar-refractivity contribution < 1.29 is 13.2 Å². The van der Waals surface area contributed by atoms with Gasteiger partial charge in [0.1, 0.15) is 5.78 Å². The van der Waals surface area contributed by atoms with Crippen LogP contribution in [-0.2, 0) is 14.8 Å². The molecule has 19 heavy (non-hydrogen) atoms. The highest BCUT2D eigenvalue weighted by Crippen LogP contribution is 2.21. The first-order valence-electron chi connectivity index (χ1n) is 7.17. The van der Waals surface area contributed by atoms with Gasteiger partial charge in [0.15, 0.2) is 0 Å². The highest BCUT2D eigenvalue weighted by Gasteiger charge is 2.27. The van der Waals surface area contributed by atoms with E-state index in [0.717, 1.165) is 45.3 Å². The van der Waals surface area contributed by atoms with Crippen molar-refractivity contribution in [3.05, 3.63) is 0 Å². The van der Waals surface area contributed by atoms with Crippen LogP contribution >= 0.6 is 0 Å². The van der Waals surface area contributed by atoms with Crippen molar-refractivity contribution in [3.8, 4) is 0 Å². The molecular weight excluding hydrogens is 264 g/mol. The van der Waals surface area contributed by atoms with Crippen molar-refractivity contribution in [1.29, 1.82) is 0 Å². The molecule has 2 fully saturated rings. The maximum Gasteiger partial charge on any atom is 0.211 e. The largest absolute Gasteiger partial charge is 0.300 e. The fourth-order valence-corrected chi connectivity index (χ4v) is 3.81. The standard InChI is InChI=1S/C13H24N2O3S/c1-19(17,18)15-9-7-14(8-10-15)11-12-5-3-2-4-6-13(12)16/h12H,2-11H2,1H3. The molecule has 0 spiro atoms. The van der Waals surface area contributed by atoms with Gasteiger partial charge in [-0.25, -0.2) is 8.42 Å². The van der Waals surface area contributed by atoms with Gasteiger partial charge in [-0.15, -0.1) is 0 Å². The zero-order valence-electron chi connectivity index (χ0n) is 11.7. The molecule has 0 aromatic rings. The smallest absolute Gasteiger partial charge is 0.211 e. The number of carbonyl (C=O) groups excluding carboxylic acids is 1. The fourth-order valence-electron chi connectivity index (χ4n) is 2.98. The molecule has 1 saturated carbocycles. The summed E-state index contributed by atoms with van der Waals surface area (Å²) in [5.74, 6) is 0.579. The minimum atomic E-state index is -3.06. The summed E-state index contributed by atoms with van der Waals surface area (Å²) in [6.07, 6.45) is 6.36. The predicted octanol–water partition coefficient (Wildman–Crippen LogP) is 0.713. The Kier molecular flexibility index (Phi) is 4.97. The van der Waals surface area contributed by atoms with Crippen LogP contribution in [0, 0.1) is 5.92 Å². The van der Waals surface area contributed by atoms with Crippen LogP contribution in [0.25, 0.3) is 0 Å². The molecule has 0 aromatic heterocycles. The minimum absolute atomic E-state index is 0.173. The first-order valence-corrected chi connectivity index (χ1v) is 9.02. The van der Waals surface area contributed by atoms with Crippen LogP contribution in [0.3, 0.4) is 0 Å². The lowest BCUT2D eigenvalue weighted by Gasteiger charge is -2.34. The van der Waals surface area contributed by atoms with Crippen molar-refractivity contribution >= 4 is 15.8 Å². The number of hydrogen-bond acceptors (Lipinski definition) is 4. The number of carbonyl (C=O) groups is 1. The third-order valence-corrected chi connectivity index (χ3v) is 5.51. The molecule has 1 unspecified atom stereocenters. The molecule has 0 bridgehead atoms. The summed E-state index contributed by atoms with van der Waals surface area (Å²) in [4.78, 5) is 14.2. The van der Waals surface area contributed by atoms with Gasteiger partial charge in [0.05, 0.1) is 6.26 Å². The van der Waals surface area contributed by atoms with E-state index in [2.05, 4.69) is 4.90 Å². The van der Waals surface area contributed by atoms with Gasteiger partial charge in [0.2, 0.25) is 10.0 Å². The average Bonchev–Trinajstić information content (AvgIpc) is 2.55. The highest BCUT2D eigenvalue weighted by atomic mass is 32.2.